The van der Waals surface area contributed by atoms with Crippen molar-refractivity contribution in [3.05, 3.63) is 99.0 Å². The molecule has 0 radical (unpaired) electrons. The standard InChI is InChI=1S/C23H19Cl2N3O4S/c24-14-7-10-18(19(25)11-14)21-20(16-3-1-2-4-17(16)22(29)28-21)23(30)27-12-13-5-8-15(9-6-13)33(26,31)32/h1-11,20-21H,12H2,(H,27,30)(H,28,29)(H2,26,31,32)/t20-,21+/m1/s1. The zero-order valence-corrected chi connectivity index (χ0v) is 19.4. The number of carbonyl (C=O) groups excluding carboxylic acids is 2. The van der Waals surface area contributed by atoms with Gasteiger partial charge in [-0.15, -0.1) is 0 Å². The zero-order valence-electron chi connectivity index (χ0n) is 17.1. The molecule has 170 valence electrons. The van der Waals surface area contributed by atoms with Gasteiger partial charge < -0.3 is 10.6 Å². The molecule has 1 heterocycles. The topological polar surface area (TPSA) is 118 Å². The van der Waals surface area contributed by atoms with Gasteiger partial charge in [-0.3, -0.25) is 9.59 Å². The molecule has 0 bridgehead atoms. The predicted octanol–water partition coefficient (Wildman–Crippen LogP) is 3.53. The molecule has 4 rings (SSSR count). The van der Waals surface area contributed by atoms with Crippen molar-refractivity contribution in [3.63, 3.8) is 0 Å². The Morgan fingerprint density at radius 2 is 1.70 bits per heavy atom. The number of sulfonamides is 1. The number of amides is 2. The van der Waals surface area contributed by atoms with Gasteiger partial charge >= 0.3 is 0 Å². The van der Waals surface area contributed by atoms with Gasteiger partial charge in [-0.1, -0.05) is 59.6 Å². The van der Waals surface area contributed by atoms with Crippen molar-refractivity contribution in [2.75, 3.05) is 0 Å². The highest BCUT2D eigenvalue weighted by Crippen LogP contribution is 2.40. The van der Waals surface area contributed by atoms with Crippen LogP contribution in [-0.4, -0.2) is 20.2 Å². The molecule has 0 aromatic heterocycles. The quantitative estimate of drug-likeness (QED) is 0.493. The lowest BCUT2D eigenvalue weighted by molar-refractivity contribution is -0.123. The van der Waals surface area contributed by atoms with Gasteiger partial charge in [0.2, 0.25) is 15.9 Å². The molecule has 10 heteroatoms. The first-order valence-corrected chi connectivity index (χ1v) is 12.2. The molecule has 3 aromatic carbocycles. The number of hydrogen-bond donors (Lipinski definition) is 3. The second-order valence-corrected chi connectivity index (χ2v) is 9.99. The molecule has 0 saturated carbocycles. The van der Waals surface area contributed by atoms with E-state index in [1.807, 2.05) is 0 Å². The number of carbonyl (C=O) groups is 2. The van der Waals surface area contributed by atoms with Gasteiger partial charge in [0.15, 0.2) is 0 Å². The van der Waals surface area contributed by atoms with Crippen LogP contribution in [0.25, 0.3) is 0 Å². The van der Waals surface area contributed by atoms with E-state index in [1.54, 1.807) is 54.6 Å². The first kappa shape index (κ1) is 23.3. The van der Waals surface area contributed by atoms with Gasteiger partial charge in [-0.25, -0.2) is 13.6 Å². The molecule has 0 saturated heterocycles. The molecule has 7 nitrogen and oxygen atoms in total. The SMILES string of the molecule is NS(=O)(=O)c1ccc(CNC(=O)[C@@H]2c3ccccc3C(=O)N[C@H]2c2ccc(Cl)cc2Cl)cc1. The summed E-state index contributed by atoms with van der Waals surface area (Å²) >= 11 is 12.4. The van der Waals surface area contributed by atoms with Gasteiger partial charge in [0.05, 0.1) is 16.9 Å². The molecule has 33 heavy (non-hydrogen) atoms. The number of nitrogens with one attached hydrogen (secondary N) is 2. The fraction of sp³-hybridized carbons (Fsp3) is 0.130. The fourth-order valence-electron chi connectivity index (χ4n) is 3.86. The van der Waals surface area contributed by atoms with Crippen molar-refractivity contribution in [2.24, 2.45) is 5.14 Å². The van der Waals surface area contributed by atoms with Crippen LogP contribution in [0.4, 0.5) is 0 Å². The Morgan fingerprint density at radius 3 is 2.36 bits per heavy atom. The van der Waals surface area contributed by atoms with E-state index in [4.69, 9.17) is 28.3 Å². The van der Waals surface area contributed by atoms with E-state index in [0.717, 1.165) is 0 Å². The Morgan fingerprint density at radius 1 is 1.00 bits per heavy atom. The average molecular weight is 504 g/mol. The number of benzene rings is 3. The summed E-state index contributed by atoms with van der Waals surface area (Å²) in [5.41, 5.74) is 2.25. The average Bonchev–Trinajstić information content (AvgIpc) is 2.77. The number of primary sulfonamides is 1. The summed E-state index contributed by atoms with van der Waals surface area (Å²) in [6.07, 6.45) is 0. The van der Waals surface area contributed by atoms with Crippen LogP contribution in [0, 0.1) is 0 Å². The third kappa shape index (κ3) is 4.89. The second-order valence-electron chi connectivity index (χ2n) is 7.59. The minimum absolute atomic E-state index is 0.0149. The van der Waals surface area contributed by atoms with Crippen molar-refractivity contribution in [1.29, 1.82) is 0 Å². The van der Waals surface area contributed by atoms with E-state index in [9.17, 15) is 18.0 Å². The van der Waals surface area contributed by atoms with Crippen LogP contribution < -0.4 is 15.8 Å². The van der Waals surface area contributed by atoms with E-state index >= 15 is 0 Å². The summed E-state index contributed by atoms with van der Waals surface area (Å²) in [5.74, 6) is -1.38. The normalized spacial score (nSPS) is 17.7. The van der Waals surface area contributed by atoms with Crippen LogP contribution >= 0.6 is 23.2 Å². The second kappa shape index (κ2) is 9.15. The molecule has 2 atom stereocenters. The maximum atomic E-state index is 13.4. The van der Waals surface area contributed by atoms with Crippen molar-refractivity contribution >= 4 is 45.0 Å². The van der Waals surface area contributed by atoms with Gasteiger partial charge in [-0.2, -0.15) is 0 Å². The van der Waals surface area contributed by atoms with E-state index in [1.165, 1.54) is 12.1 Å². The summed E-state index contributed by atoms with van der Waals surface area (Å²) in [4.78, 5) is 26.1. The molecule has 0 spiro atoms. The smallest absolute Gasteiger partial charge is 0.252 e. The van der Waals surface area contributed by atoms with E-state index < -0.39 is 22.0 Å². The van der Waals surface area contributed by atoms with Crippen molar-refractivity contribution in [2.45, 2.75) is 23.4 Å². The summed E-state index contributed by atoms with van der Waals surface area (Å²) < 4.78 is 22.9. The monoisotopic (exact) mass is 503 g/mol. The van der Waals surface area contributed by atoms with Crippen molar-refractivity contribution < 1.29 is 18.0 Å². The van der Waals surface area contributed by atoms with E-state index in [2.05, 4.69) is 10.6 Å². The lowest BCUT2D eigenvalue weighted by Gasteiger charge is -2.34. The molecule has 1 aliphatic rings. The number of halogens is 2. The van der Waals surface area contributed by atoms with Crippen LogP contribution in [0.15, 0.2) is 71.6 Å². The van der Waals surface area contributed by atoms with Gasteiger partial charge in [0.1, 0.15) is 0 Å². The highest BCUT2D eigenvalue weighted by molar-refractivity contribution is 7.89. The van der Waals surface area contributed by atoms with Gasteiger partial charge in [-0.05, 0) is 47.0 Å². The summed E-state index contributed by atoms with van der Waals surface area (Å²) in [7, 11) is -3.80. The maximum Gasteiger partial charge on any atom is 0.252 e. The molecule has 0 aliphatic carbocycles. The lowest BCUT2D eigenvalue weighted by atomic mass is 9.80. The highest BCUT2D eigenvalue weighted by Gasteiger charge is 2.39. The summed E-state index contributed by atoms with van der Waals surface area (Å²) in [5, 5.41) is 11.7. The Balaban J connectivity index is 1.64. The molecule has 4 N–H and O–H groups in total. The van der Waals surface area contributed by atoms with Gasteiger partial charge in [0, 0.05) is 22.2 Å². The van der Waals surface area contributed by atoms with Crippen molar-refractivity contribution in [3.8, 4) is 0 Å². The Kier molecular flexibility index (Phi) is 6.45. The minimum Gasteiger partial charge on any atom is -0.351 e. The number of rotatable bonds is 5. The first-order valence-electron chi connectivity index (χ1n) is 9.89. The molecular formula is C23H19Cl2N3O4S. The van der Waals surface area contributed by atoms with Crippen molar-refractivity contribution in [1.82, 2.24) is 10.6 Å². The van der Waals surface area contributed by atoms with Gasteiger partial charge in [0.25, 0.3) is 5.91 Å². The third-order valence-electron chi connectivity index (χ3n) is 5.46. The van der Waals surface area contributed by atoms with E-state index in [0.29, 0.717) is 32.3 Å². The first-order chi connectivity index (χ1) is 15.6. The summed E-state index contributed by atoms with van der Waals surface area (Å²) in [6, 6.07) is 17.0. The fourth-order valence-corrected chi connectivity index (χ4v) is 4.90. The van der Waals surface area contributed by atoms with Crippen LogP contribution in [0.1, 0.15) is 39.0 Å². The number of fused-ring (bicyclic) bond motifs is 1. The molecule has 2 amide bonds. The van der Waals surface area contributed by atoms with Crippen LogP contribution in [0.2, 0.25) is 10.0 Å². The lowest BCUT2D eigenvalue weighted by Crippen LogP contribution is -2.44. The zero-order chi connectivity index (χ0) is 23.8. The minimum atomic E-state index is -3.80. The summed E-state index contributed by atoms with van der Waals surface area (Å²) in [6.45, 7) is 0.150. The van der Waals surface area contributed by atoms with Crippen LogP contribution in [0.5, 0.6) is 0 Å². The Hall–Kier alpha value is -2.91. The Labute approximate surface area is 200 Å². The molecular weight excluding hydrogens is 485 g/mol. The number of hydrogen-bond acceptors (Lipinski definition) is 4. The van der Waals surface area contributed by atoms with E-state index in [-0.39, 0.29) is 23.3 Å². The maximum absolute atomic E-state index is 13.4. The third-order valence-corrected chi connectivity index (χ3v) is 6.95. The number of nitrogens with two attached hydrogens (primary N) is 1. The van der Waals surface area contributed by atoms with Crippen LogP contribution in [0.3, 0.4) is 0 Å². The molecule has 3 aromatic rings. The molecule has 0 fully saturated rings. The molecule has 1 aliphatic heterocycles. The largest absolute Gasteiger partial charge is 0.351 e. The predicted molar refractivity (Wildman–Crippen MR) is 126 cm³/mol. The van der Waals surface area contributed by atoms with Crippen LogP contribution in [-0.2, 0) is 21.4 Å². The Bertz CT molecular complexity index is 1340. The molecule has 0 unspecified atom stereocenters. The highest BCUT2D eigenvalue weighted by atomic mass is 35.5.